The van der Waals surface area contributed by atoms with Crippen molar-refractivity contribution in [3.8, 4) is 11.3 Å². The number of amides is 4. The van der Waals surface area contributed by atoms with Crippen molar-refractivity contribution in [1.82, 2.24) is 10.3 Å². The summed E-state index contributed by atoms with van der Waals surface area (Å²) in [6.07, 6.45) is 4.04. The predicted octanol–water partition coefficient (Wildman–Crippen LogP) is 3.36. The zero-order chi connectivity index (χ0) is 22.1. The first-order valence-electron chi connectivity index (χ1n) is 8.79. The number of nitrogens with zero attached hydrogens (tertiary/aromatic N) is 2. The number of aromatic carboxylic acids is 1. The predicted molar refractivity (Wildman–Crippen MR) is 109 cm³/mol. The molecule has 0 bridgehead atoms. The normalized spacial score (nSPS) is 15.3. The number of benzene rings is 1. The van der Waals surface area contributed by atoms with Gasteiger partial charge in [-0.1, -0.05) is 17.7 Å². The highest BCUT2D eigenvalue weighted by molar-refractivity contribution is 6.39. The number of carbonyl (C=O) groups is 4. The van der Waals surface area contributed by atoms with Gasteiger partial charge in [0.05, 0.1) is 16.3 Å². The van der Waals surface area contributed by atoms with Crippen molar-refractivity contribution in [2.24, 2.45) is 0 Å². The van der Waals surface area contributed by atoms with E-state index in [1.165, 1.54) is 54.9 Å². The summed E-state index contributed by atoms with van der Waals surface area (Å²) in [4.78, 5) is 53.0. The van der Waals surface area contributed by atoms with Crippen LogP contribution in [0.2, 0.25) is 5.02 Å². The Morgan fingerprint density at radius 1 is 1.10 bits per heavy atom. The van der Waals surface area contributed by atoms with Crippen LogP contribution in [0.4, 0.5) is 10.5 Å². The number of carboxylic acid groups (broad SMARTS) is 1. The van der Waals surface area contributed by atoms with Gasteiger partial charge < -0.3 is 9.52 Å². The Labute approximate surface area is 179 Å². The Morgan fingerprint density at radius 2 is 1.84 bits per heavy atom. The zero-order valence-electron chi connectivity index (χ0n) is 15.5. The maximum absolute atomic E-state index is 12.8. The van der Waals surface area contributed by atoms with Gasteiger partial charge in [0, 0.05) is 18.0 Å². The molecule has 0 saturated carbocycles. The van der Waals surface area contributed by atoms with E-state index in [4.69, 9.17) is 21.1 Å². The monoisotopic (exact) mass is 437 g/mol. The fraction of sp³-hybridized carbons (Fsp3) is 0. The van der Waals surface area contributed by atoms with E-state index in [9.17, 15) is 19.2 Å². The van der Waals surface area contributed by atoms with Gasteiger partial charge in [0.2, 0.25) is 0 Å². The highest BCUT2D eigenvalue weighted by Gasteiger charge is 2.37. The van der Waals surface area contributed by atoms with Gasteiger partial charge in [-0.05, 0) is 42.5 Å². The maximum atomic E-state index is 12.8. The zero-order valence-corrected chi connectivity index (χ0v) is 16.3. The van der Waals surface area contributed by atoms with E-state index >= 15 is 0 Å². The molecule has 1 aliphatic rings. The molecule has 10 heteroatoms. The first kappa shape index (κ1) is 20.0. The van der Waals surface area contributed by atoms with Crippen molar-refractivity contribution in [3.05, 3.63) is 76.8 Å². The minimum atomic E-state index is -1.16. The lowest BCUT2D eigenvalue weighted by Gasteiger charge is -2.25. The van der Waals surface area contributed by atoms with E-state index in [-0.39, 0.29) is 27.6 Å². The summed E-state index contributed by atoms with van der Waals surface area (Å²) in [5.74, 6) is -2.30. The summed E-state index contributed by atoms with van der Waals surface area (Å²) in [6, 6.07) is 9.45. The number of pyridine rings is 1. The number of hydrogen-bond acceptors (Lipinski definition) is 6. The molecule has 2 N–H and O–H groups in total. The van der Waals surface area contributed by atoms with Crippen LogP contribution in [0, 0.1) is 0 Å². The molecule has 1 aromatic carbocycles. The van der Waals surface area contributed by atoms with E-state index in [0.717, 1.165) is 4.90 Å². The number of nitrogens with one attached hydrogen (secondary N) is 1. The summed E-state index contributed by atoms with van der Waals surface area (Å²) in [7, 11) is 0. The van der Waals surface area contributed by atoms with Gasteiger partial charge in [-0.25, -0.2) is 14.5 Å². The molecule has 0 aliphatic carbocycles. The van der Waals surface area contributed by atoms with Crippen molar-refractivity contribution < 1.29 is 28.7 Å². The van der Waals surface area contributed by atoms with Gasteiger partial charge in [0.15, 0.2) is 0 Å². The molecule has 0 spiro atoms. The van der Waals surface area contributed by atoms with Crippen molar-refractivity contribution in [2.45, 2.75) is 0 Å². The van der Waals surface area contributed by atoms with Crippen LogP contribution >= 0.6 is 11.6 Å². The number of carbonyl (C=O) groups excluding carboxylic acids is 3. The van der Waals surface area contributed by atoms with Gasteiger partial charge in [-0.15, -0.1) is 0 Å². The molecular weight excluding hydrogens is 426 g/mol. The Balaban J connectivity index is 1.66. The Bertz CT molecular complexity index is 1270. The summed E-state index contributed by atoms with van der Waals surface area (Å²) in [6.45, 7) is 0. The summed E-state index contributed by atoms with van der Waals surface area (Å²) < 4.78 is 5.66. The molecule has 2 aromatic heterocycles. The smallest absolute Gasteiger partial charge is 0.337 e. The first-order valence-corrected chi connectivity index (χ1v) is 9.17. The number of anilines is 1. The van der Waals surface area contributed by atoms with E-state index in [2.05, 4.69) is 10.3 Å². The van der Waals surface area contributed by atoms with Crippen molar-refractivity contribution in [1.29, 1.82) is 0 Å². The number of furan rings is 1. The topological polar surface area (TPSA) is 130 Å². The average Bonchev–Trinajstić information content (AvgIpc) is 3.20. The third-order valence-electron chi connectivity index (χ3n) is 4.42. The van der Waals surface area contributed by atoms with Gasteiger partial charge in [0.25, 0.3) is 11.8 Å². The number of carboxylic acids is 1. The van der Waals surface area contributed by atoms with Crippen molar-refractivity contribution in [2.75, 3.05) is 4.90 Å². The summed E-state index contributed by atoms with van der Waals surface area (Å²) in [5.41, 5.74) is 0.415. The molecule has 4 rings (SSSR count). The number of rotatable bonds is 4. The lowest BCUT2D eigenvalue weighted by Crippen LogP contribution is -2.54. The third kappa shape index (κ3) is 3.81. The van der Waals surface area contributed by atoms with E-state index in [1.807, 2.05) is 0 Å². The van der Waals surface area contributed by atoms with Crippen LogP contribution in [0.3, 0.4) is 0 Å². The van der Waals surface area contributed by atoms with Crippen LogP contribution in [0.15, 0.2) is 64.8 Å². The molecular formula is C21H12ClN3O6. The highest BCUT2D eigenvalue weighted by atomic mass is 35.5. The second-order valence-corrected chi connectivity index (χ2v) is 6.77. The number of urea groups is 1. The molecule has 4 amide bonds. The number of imide groups is 2. The van der Waals surface area contributed by atoms with E-state index < -0.39 is 23.8 Å². The van der Waals surface area contributed by atoms with Gasteiger partial charge >= 0.3 is 12.0 Å². The molecule has 1 aliphatic heterocycles. The quantitative estimate of drug-likeness (QED) is 0.472. The van der Waals surface area contributed by atoms with Crippen LogP contribution in [0.5, 0.6) is 0 Å². The second kappa shape index (κ2) is 7.88. The third-order valence-corrected chi connectivity index (χ3v) is 4.73. The number of aromatic nitrogens is 1. The second-order valence-electron chi connectivity index (χ2n) is 6.37. The van der Waals surface area contributed by atoms with Crippen LogP contribution in [-0.4, -0.2) is 33.9 Å². The Kier molecular flexibility index (Phi) is 5.10. The molecule has 0 unspecified atom stereocenters. The molecule has 154 valence electrons. The largest absolute Gasteiger partial charge is 0.478 e. The van der Waals surface area contributed by atoms with Gasteiger partial charge in [-0.3, -0.25) is 19.9 Å². The van der Waals surface area contributed by atoms with Gasteiger partial charge in [-0.2, -0.15) is 0 Å². The molecule has 1 fully saturated rings. The molecule has 31 heavy (non-hydrogen) atoms. The molecule has 3 heterocycles. The number of hydrogen-bond donors (Lipinski definition) is 2. The van der Waals surface area contributed by atoms with E-state index in [0.29, 0.717) is 11.3 Å². The molecule has 0 atom stereocenters. The summed E-state index contributed by atoms with van der Waals surface area (Å²) >= 11 is 5.99. The van der Waals surface area contributed by atoms with E-state index in [1.54, 1.807) is 6.07 Å². The minimum Gasteiger partial charge on any atom is -0.478 e. The lowest BCUT2D eigenvalue weighted by molar-refractivity contribution is -0.122. The fourth-order valence-electron chi connectivity index (χ4n) is 2.95. The van der Waals surface area contributed by atoms with Gasteiger partial charge in [0.1, 0.15) is 17.1 Å². The van der Waals surface area contributed by atoms with Crippen molar-refractivity contribution >= 4 is 47.2 Å². The first-order chi connectivity index (χ1) is 14.8. The minimum absolute atomic E-state index is 0.0367. The summed E-state index contributed by atoms with van der Waals surface area (Å²) in [5, 5.41) is 11.2. The average molecular weight is 438 g/mol. The van der Waals surface area contributed by atoms with Crippen LogP contribution in [-0.2, 0) is 9.59 Å². The molecule has 1 saturated heterocycles. The van der Waals surface area contributed by atoms with Crippen molar-refractivity contribution in [3.63, 3.8) is 0 Å². The maximum Gasteiger partial charge on any atom is 0.337 e. The fourth-order valence-corrected chi connectivity index (χ4v) is 3.22. The molecule has 9 nitrogen and oxygen atoms in total. The molecule has 0 radical (unpaired) electrons. The standard InChI is InChI=1S/C21H12ClN3O6/c22-16-9-11(1-3-14(16)20(28)29)17-4-2-13(31-17)10-15-18(26)24-21(30)25(19(15)27)12-5-7-23-8-6-12/h1-10H,(H,28,29)(H,24,26,30)/b15-10+. The SMILES string of the molecule is O=C1NC(=O)N(c2ccncc2)C(=O)/C1=C/c1ccc(-c2ccc(C(=O)O)c(Cl)c2)o1. The highest BCUT2D eigenvalue weighted by Crippen LogP contribution is 2.29. The Hall–Kier alpha value is -4.24. The number of barbiturate groups is 1. The van der Waals surface area contributed by atoms with Crippen LogP contribution in [0.25, 0.3) is 17.4 Å². The van der Waals surface area contributed by atoms with Crippen LogP contribution in [0.1, 0.15) is 16.1 Å². The van der Waals surface area contributed by atoms with Crippen LogP contribution < -0.4 is 10.2 Å². The number of halogens is 1. The lowest BCUT2D eigenvalue weighted by atomic mass is 10.1. The Morgan fingerprint density at radius 3 is 2.52 bits per heavy atom. The molecule has 3 aromatic rings.